The van der Waals surface area contributed by atoms with E-state index in [-0.39, 0.29) is 18.0 Å². The Kier molecular flexibility index (Phi) is 2.84. The summed E-state index contributed by atoms with van der Waals surface area (Å²) in [6.07, 6.45) is 2.46. The molecule has 1 heterocycles. The zero-order valence-corrected chi connectivity index (χ0v) is 10.2. The van der Waals surface area contributed by atoms with Crippen LogP contribution >= 0.6 is 0 Å². The van der Waals surface area contributed by atoms with E-state index in [2.05, 4.69) is 0 Å². The van der Waals surface area contributed by atoms with Gasteiger partial charge in [0.2, 0.25) is 0 Å². The number of hydrogen-bond acceptors (Lipinski definition) is 4. The van der Waals surface area contributed by atoms with Gasteiger partial charge in [0.1, 0.15) is 18.4 Å². The van der Waals surface area contributed by atoms with Gasteiger partial charge in [-0.1, -0.05) is 30.3 Å². The van der Waals surface area contributed by atoms with E-state index in [9.17, 15) is 4.79 Å². The first kappa shape index (κ1) is 11.7. The van der Waals surface area contributed by atoms with E-state index in [0.29, 0.717) is 6.61 Å². The quantitative estimate of drug-likeness (QED) is 0.650. The molecule has 2 fully saturated rings. The molecule has 1 unspecified atom stereocenters. The summed E-state index contributed by atoms with van der Waals surface area (Å²) in [6.45, 7) is 0.320. The predicted molar refractivity (Wildman–Crippen MR) is 65.4 cm³/mol. The van der Waals surface area contributed by atoms with Gasteiger partial charge in [-0.2, -0.15) is 0 Å². The van der Waals surface area contributed by atoms with Crippen LogP contribution in [-0.2, 0) is 20.9 Å². The van der Waals surface area contributed by atoms with Crippen molar-refractivity contribution in [1.29, 1.82) is 0 Å². The summed E-state index contributed by atoms with van der Waals surface area (Å²) < 4.78 is 10.8. The molecule has 3 atom stereocenters. The van der Waals surface area contributed by atoms with E-state index in [4.69, 9.17) is 15.2 Å². The van der Waals surface area contributed by atoms with Crippen molar-refractivity contribution in [3.63, 3.8) is 0 Å². The summed E-state index contributed by atoms with van der Waals surface area (Å²) in [7, 11) is 0. The molecule has 0 amide bonds. The second-order valence-electron chi connectivity index (χ2n) is 5.09. The van der Waals surface area contributed by atoms with Crippen LogP contribution in [0.15, 0.2) is 30.3 Å². The fourth-order valence-corrected chi connectivity index (χ4v) is 2.65. The van der Waals surface area contributed by atoms with Gasteiger partial charge in [-0.3, -0.25) is 4.79 Å². The molecule has 4 heteroatoms. The highest BCUT2D eigenvalue weighted by atomic mass is 16.6. The highest BCUT2D eigenvalue weighted by molar-refractivity contribution is 5.74. The van der Waals surface area contributed by atoms with Crippen LogP contribution in [-0.4, -0.2) is 17.8 Å². The molecule has 4 nitrogen and oxygen atoms in total. The van der Waals surface area contributed by atoms with Crippen molar-refractivity contribution in [3.8, 4) is 0 Å². The fourth-order valence-electron chi connectivity index (χ4n) is 2.65. The van der Waals surface area contributed by atoms with E-state index in [0.717, 1.165) is 24.8 Å². The summed E-state index contributed by atoms with van der Waals surface area (Å²) in [5.41, 5.74) is 6.41. The van der Waals surface area contributed by atoms with Gasteiger partial charge in [0.15, 0.2) is 0 Å². The van der Waals surface area contributed by atoms with Crippen LogP contribution in [0.5, 0.6) is 0 Å². The van der Waals surface area contributed by atoms with Crippen molar-refractivity contribution in [2.24, 2.45) is 11.7 Å². The molecule has 1 aromatic carbocycles. The van der Waals surface area contributed by atoms with Gasteiger partial charge in [-0.25, -0.2) is 0 Å². The molecule has 3 rings (SSSR count). The summed E-state index contributed by atoms with van der Waals surface area (Å²) in [5, 5.41) is 0. The molecule has 1 saturated carbocycles. The Morgan fingerprint density at radius 2 is 2.22 bits per heavy atom. The average molecular weight is 247 g/mol. The third-order valence-corrected chi connectivity index (χ3v) is 3.75. The molecule has 0 spiro atoms. The van der Waals surface area contributed by atoms with E-state index in [1.165, 1.54) is 0 Å². The molecular weight excluding hydrogens is 230 g/mol. The first-order valence-electron chi connectivity index (χ1n) is 6.36. The van der Waals surface area contributed by atoms with Gasteiger partial charge in [0.25, 0.3) is 0 Å². The van der Waals surface area contributed by atoms with Crippen LogP contribution in [0.2, 0.25) is 0 Å². The van der Waals surface area contributed by atoms with Crippen molar-refractivity contribution >= 4 is 5.97 Å². The lowest BCUT2D eigenvalue weighted by Crippen LogP contribution is -2.37. The third-order valence-electron chi connectivity index (χ3n) is 3.75. The summed E-state index contributed by atoms with van der Waals surface area (Å²) in [4.78, 5) is 12.0. The first-order valence-corrected chi connectivity index (χ1v) is 6.36. The second-order valence-corrected chi connectivity index (χ2v) is 5.09. The number of carbonyl (C=O) groups is 1. The van der Waals surface area contributed by atoms with E-state index < -0.39 is 5.72 Å². The number of carbonyl (C=O) groups excluding carboxylic acids is 1. The molecule has 96 valence electrons. The van der Waals surface area contributed by atoms with Crippen LogP contribution in [0.25, 0.3) is 0 Å². The van der Waals surface area contributed by atoms with Crippen molar-refractivity contribution < 1.29 is 14.3 Å². The number of nitrogens with two attached hydrogens (primary N) is 1. The Balaban J connectivity index is 1.56. The van der Waals surface area contributed by atoms with Gasteiger partial charge in [-0.05, 0) is 24.8 Å². The van der Waals surface area contributed by atoms with Crippen LogP contribution in [0.3, 0.4) is 0 Å². The molecule has 1 aliphatic carbocycles. The van der Waals surface area contributed by atoms with Gasteiger partial charge in [0.05, 0.1) is 5.92 Å². The summed E-state index contributed by atoms with van der Waals surface area (Å²) in [6, 6.07) is 9.68. The lowest BCUT2D eigenvalue weighted by molar-refractivity contribution is -0.151. The highest BCUT2D eigenvalue weighted by Gasteiger charge is 2.61. The van der Waals surface area contributed by atoms with E-state index in [1.54, 1.807) is 0 Å². The summed E-state index contributed by atoms with van der Waals surface area (Å²) in [5.74, 6) is -0.372. The minimum atomic E-state index is -0.547. The van der Waals surface area contributed by atoms with Crippen molar-refractivity contribution in [2.45, 2.75) is 37.7 Å². The molecule has 0 aromatic heterocycles. The van der Waals surface area contributed by atoms with E-state index in [1.807, 2.05) is 30.3 Å². The number of fused-ring (bicyclic) bond motifs is 1. The van der Waals surface area contributed by atoms with Gasteiger partial charge in [0, 0.05) is 0 Å². The van der Waals surface area contributed by atoms with Crippen LogP contribution in [0.1, 0.15) is 24.8 Å². The standard InChI is InChI=1S/C14H17NO3/c15-14-8-4-7-11(12(14)18-14)13(16)17-9-10-5-2-1-3-6-10/h1-3,5-6,11-12H,4,7-9,15H2/t11-,12+,14?/m0/s1. The highest BCUT2D eigenvalue weighted by Crippen LogP contribution is 2.47. The molecule has 2 N–H and O–H groups in total. The normalized spacial score (nSPS) is 33.6. The number of rotatable bonds is 3. The second kappa shape index (κ2) is 4.37. The van der Waals surface area contributed by atoms with Crippen LogP contribution < -0.4 is 5.73 Å². The smallest absolute Gasteiger partial charge is 0.312 e. The number of esters is 1. The predicted octanol–water partition coefficient (Wildman–Crippen LogP) is 1.58. The maximum absolute atomic E-state index is 12.0. The van der Waals surface area contributed by atoms with E-state index >= 15 is 0 Å². The number of benzene rings is 1. The molecule has 1 aliphatic heterocycles. The monoisotopic (exact) mass is 247 g/mol. The fraction of sp³-hybridized carbons (Fsp3) is 0.500. The Morgan fingerprint density at radius 3 is 3.00 bits per heavy atom. The number of ether oxygens (including phenoxy) is 2. The van der Waals surface area contributed by atoms with Crippen molar-refractivity contribution in [2.75, 3.05) is 0 Å². The number of hydrogen-bond donors (Lipinski definition) is 1. The largest absolute Gasteiger partial charge is 0.461 e. The third kappa shape index (κ3) is 2.13. The van der Waals surface area contributed by atoms with Crippen LogP contribution in [0.4, 0.5) is 0 Å². The van der Waals surface area contributed by atoms with Crippen LogP contribution in [0, 0.1) is 5.92 Å². The van der Waals surface area contributed by atoms with Gasteiger partial charge >= 0.3 is 5.97 Å². The molecule has 0 radical (unpaired) electrons. The van der Waals surface area contributed by atoms with Gasteiger partial charge < -0.3 is 15.2 Å². The Bertz CT molecular complexity index is 448. The topological polar surface area (TPSA) is 64.9 Å². The summed E-state index contributed by atoms with van der Waals surface area (Å²) >= 11 is 0. The SMILES string of the molecule is NC12CCC[C@H](C(=O)OCc3ccccc3)[C@H]1O2. The zero-order valence-electron chi connectivity index (χ0n) is 10.2. The molecular formula is C14H17NO3. The lowest BCUT2D eigenvalue weighted by Gasteiger charge is -2.20. The first-order chi connectivity index (χ1) is 8.69. The molecule has 18 heavy (non-hydrogen) atoms. The molecule has 0 bridgehead atoms. The lowest BCUT2D eigenvalue weighted by atomic mass is 9.86. The number of epoxide rings is 1. The Labute approximate surface area is 106 Å². The minimum Gasteiger partial charge on any atom is -0.461 e. The molecule has 1 aromatic rings. The van der Waals surface area contributed by atoms with Crippen molar-refractivity contribution in [3.05, 3.63) is 35.9 Å². The zero-order chi connectivity index (χ0) is 12.6. The minimum absolute atomic E-state index is 0.130. The van der Waals surface area contributed by atoms with Gasteiger partial charge in [-0.15, -0.1) is 0 Å². The average Bonchev–Trinajstić information content (AvgIpc) is 3.08. The van der Waals surface area contributed by atoms with Crippen molar-refractivity contribution in [1.82, 2.24) is 0 Å². The maximum atomic E-state index is 12.0. The molecule has 2 aliphatic rings. The molecule has 1 saturated heterocycles. The maximum Gasteiger partial charge on any atom is 0.312 e. The Hall–Kier alpha value is -1.39. The Morgan fingerprint density at radius 1 is 1.44 bits per heavy atom.